The van der Waals surface area contributed by atoms with E-state index in [1.807, 2.05) is 13.8 Å². The Morgan fingerprint density at radius 3 is 2.50 bits per heavy atom. The Morgan fingerprint density at radius 2 is 1.91 bits per heavy atom. The van der Waals surface area contributed by atoms with Crippen LogP contribution in [0.3, 0.4) is 0 Å². The van der Waals surface area contributed by atoms with Crippen LogP contribution in [0.1, 0.15) is 53.7 Å². The summed E-state index contributed by atoms with van der Waals surface area (Å²) in [6, 6.07) is 6.45. The lowest BCUT2D eigenvalue weighted by Gasteiger charge is -2.31. The Labute approximate surface area is 251 Å². The van der Waals surface area contributed by atoms with Gasteiger partial charge in [0, 0.05) is 0 Å². The molecule has 0 spiro atoms. The van der Waals surface area contributed by atoms with E-state index in [4.69, 9.17) is 29.0 Å². The third kappa shape index (κ3) is 5.17. The number of rotatable bonds is 13. The van der Waals surface area contributed by atoms with Gasteiger partial charge in [0.2, 0.25) is 11.8 Å². The summed E-state index contributed by atoms with van der Waals surface area (Å²) in [5.74, 6) is -4.13. The Balaban J connectivity index is 1.42. The monoisotopic (exact) mass is 640 g/mol. The fourth-order valence-corrected chi connectivity index (χ4v) is 6.90. The number of para-hydroxylation sites is 1. The fraction of sp³-hybridized carbons (Fsp3) is 0.556. The van der Waals surface area contributed by atoms with Crippen molar-refractivity contribution in [1.82, 2.24) is 24.6 Å². The minimum Gasteiger partial charge on any atom is -0.476 e. The van der Waals surface area contributed by atoms with Crippen LogP contribution >= 0.6 is 7.75 Å². The number of ether oxygens (including phenoxy) is 3. The summed E-state index contributed by atoms with van der Waals surface area (Å²) in [6.07, 6.45) is -2.12. The molecule has 1 aliphatic carbocycles. The summed E-state index contributed by atoms with van der Waals surface area (Å²) >= 11 is 0. The second-order valence-corrected chi connectivity index (χ2v) is 12.4. The van der Waals surface area contributed by atoms with E-state index in [1.54, 1.807) is 25.1 Å². The van der Waals surface area contributed by atoms with Crippen LogP contribution in [0.2, 0.25) is 0 Å². The van der Waals surface area contributed by atoms with Crippen LogP contribution in [0.5, 0.6) is 11.6 Å². The molecule has 2 aromatic heterocycles. The quantitative estimate of drug-likeness (QED) is 0.182. The van der Waals surface area contributed by atoms with E-state index in [1.165, 1.54) is 19.1 Å². The van der Waals surface area contributed by atoms with Crippen LogP contribution in [0, 0.1) is 0 Å². The maximum absolute atomic E-state index is 16.6. The molecule has 0 bridgehead atoms. The van der Waals surface area contributed by atoms with Gasteiger partial charge in [0.15, 0.2) is 34.8 Å². The van der Waals surface area contributed by atoms with Gasteiger partial charge in [0.25, 0.3) is 5.85 Å². The van der Waals surface area contributed by atoms with Crippen molar-refractivity contribution in [1.29, 1.82) is 0 Å². The van der Waals surface area contributed by atoms with Crippen LogP contribution in [0.25, 0.3) is 11.2 Å². The molecule has 1 saturated heterocycles. The molecule has 3 heterocycles. The van der Waals surface area contributed by atoms with Gasteiger partial charge in [0.05, 0.1) is 12.9 Å². The van der Waals surface area contributed by atoms with E-state index in [9.17, 15) is 14.5 Å². The summed E-state index contributed by atoms with van der Waals surface area (Å²) in [4.78, 5) is 24.9. The third-order valence-corrected chi connectivity index (χ3v) is 9.34. The van der Waals surface area contributed by atoms with E-state index < -0.39 is 49.2 Å². The number of aliphatic hydroxyl groups is 1. The number of hydrogen-bond donors (Lipinski definition) is 3. The standard InChI is InChI=1S/C27H35F2N6O8P/c1-6-16(7-2)40-21(36)15(4)34-44(38,42-17-12-10-9-11-13-17)43-22-26(37)25(5,28)23(41-27(22,26)29)35-14-31-18-19(35)32-24(30)33-20(18)39-8-3/h9-16,22-23,37H,6-8H2,1-5H3,(H,34,38)(H2,30,32,33)/t15?,22?,23-,25+,26+,27-,44?/m1/s1. The summed E-state index contributed by atoms with van der Waals surface area (Å²) in [7, 11) is -4.71. The maximum atomic E-state index is 16.6. The normalized spacial score (nSPS) is 29.7. The Kier molecular flexibility index (Phi) is 8.35. The zero-order valence-electron chi connectivity index (χ0n) is 24.8. The van der Waals surface area contributed by atoms with Crippen LogP contribution < -0.4 is 20.1 Å². The van der Waals surface area contributed by atoms with Crippen molar-refractivity contribution >= 4 is 30.8 Å². The van der Waals surface area contributed by atoms with Crippen LogP contribution in [0.15, 0.2) is 36.7 Å². The average molecular weight is 641 g/mol. The average Bonchev–Trinajstić information content (AvgIpc) is 3.21. The number of nitrogens with two attached hydrogens (primary N) is 1. The molecule has 17 heteroatoms. The lowest BCUT2D eigenvalue weighted by molar-refractivity contribution is -0.156. The van der Waals surface area contributed by atoms with Crippen molar-refractivity contribution in [2.24, 2.45) is 0 Å². The Hall–Kier alpha value is -3.43. The number of imidazole rings is 1. The van der Waals surface area contributed by atoms with Crippen LogP contribution in [-0.4, -0.2) is 72.6 Å². The molecule has 4 N–H and O–H groups in total. The van der Waals surface area contributed by atoms with Crippen molar-refractivity contribution in [2.75, 3.05) is 12.3 Å². The first kappa shape index (κ1) is 32.0. The zero-order valence-corrected chi connectivity index (χ0v) is 25.7. The predicted octanol–water partition coefficient (Wildman–Crippen LogP) is 3.76. The molecular formula is C27H35F2N6O8P. The topological polar surface area (TPSA) is 182 Å². The van der Waals surface area contributed by atoms with E-state index in [0.717, 1.165) is 17.8 Å². The number of benzene rings is 1. The number of nitrogens with zero attached hydrogens (tertiary/aromatic N) is 4. The smallest absolute Gasteiger partial charge is 0.460 e. The van der Waals surface area contributed by atoms with Crippen molar-refractivity contribution < 1.29 is 46.5 Å². The van der Waals surface area contributed by atoms with Gasteiger partial charge >= 0.3 is 13.7 Å². The van der Waals surface area contributed by atoms with Gasteiger partial charge in [-0.25, -0.2) is 18.3 Å². The number of anilines is 1. The summed E-state index contributed by atoms with van der Waals surface area (Å²) in [6.45, 7) is 7.86. The van der Waals surface area contributed by atoms with Crippen molar-refractivity contribution in [3.8, 4) is 11.6 Å². The fourth-order valence-electron chi connectivity index (χ4n) is 5.20. The van der Waals surface area contributed by atoms with Crippen LogP contribution in [0.4, 0.5) is 14.7 Å². The number of nitrogens with one attached hydrogen (secondary N) is 1. The number of fused-ring (bicyclic) bond motifs is 2. The number of carbonyl (C=O) groups is 1. The number of halogens is 2. The molecule has 5 rings (SSSR count). The van der Waals surface area contributed by atoms with Gasteiger partial charge in [-0.15, -0.1) is 0 Å². The minimum absolute atomic E-state index is 0.0225. The van der Waals surface area contributed by atoms with Crippen molar-refractivity contribution in [3.63, 3.8) is 0 Å². The van der Waals surface area contributed by atoms with Gasteiger partial charge in [-0.3, -0.25) is 13.9 Å². The first-order valence-electron chi connectivity index (χ1n) is 14.2. The number of carbonyl (C=O) groups excluding carboxylic acids is 1. The van der Waals surface area contributed by atoms with Gasteiger partial charge in [0.1, 0.15) is 17.9 Å². The highest BCUT2D eigenvalue weighted by Gasteiger charge is 2.96. The Bertz CT molecular complexity index is 1580. The largest absolute Gasteiger partial charge is 0.476 e. The maximum Gasteiger partial charge on any atom is 0.460 e. The second kappa shape index (κ2) is 11.5. The number of esters is 1. The first-order chi connectivity index (χ1) is 20.7. The molecule has 2 aliphatic rings. The molecule has 44 heavy (non-hydrogen) atoms. The minimum atomic E-state index is -4.71. The number of aromatic nitrogens is 4. The SMILES string of the molecule is CCOc1nc(N)nc2c1ncn2[C@@H]1O[C@]2(F)C(OP(=O)(NC(C)C(=O)OC(CC)CC)Oc3ccccc3)[C@]2(O)[C@@]1(C)F. The molecule has 1 saturated carbocycles. The second-order valence-electron chi connectivity index (χ2n) is 10.7. The number of hydrogen-bond acceptors (Lipinski definition) is 12. The lowest BCUT2D eigenvalue weighted by Crippen LogP contribution is -2.45. The lowest BCUT2D eigenvalue weighted by atomic mass is 9.97. The molecule has 2 fully saturated rings. The number of alkyl halides is 2. The highest BCUT2D eigenvalue weighted by molar-refractivity contribution is 7.52. The van der Waals surface area contributed by atoms with Gasteiger partial charge < -0.3 is 29.6 Å². The zero-order chi connectivity index (χ0) is 32.1. The first-order valence-corrected chi connectivity index (χ1v) is 15.7. The van der Waals surface area contributed by atoms with E-state index in [2.05, 4.69) is 20.0 Å². The predicted molar refractivity (Wildman–Crippen MR) is 152 cm³/mol. The molecule has 3 aromatic rings. The van der Waals surface area contributed by atoms with Gasteiger partial charge in [-0.2, -0.15) is 15.1 Å². The van der Waals surface area contributed by atoms with Gasteiger partial charge in [-0.1, -0.05) is 32.0 Å². The van der Waals surface area contributed by atoms with Gasteiger partial charge in [-0.05, 0) is 45.7 Å². The van der Waals surface area contributed by atoms with Crippen molar-refractivity contribution in [2.45, 2.75) is 89.1 Å². The molecule has 240 valence electrons. The van der Waals surface area contributed by atoms with Crippen LogP contribution in [-0.2, 0) is 23.4 Å². The molecule has 14 nitrogen and oxygen atoms in total. The molecular weight excluding hydrogens is 605 g/mol. The van der Waals surface area contributed by atoms with E-state index in [0.29, 0.717) is 12.8 Å². The molecule has 0 amide bonds. The molecule has 1 aliphatic heterocycles. The van der Waals surface area contributed by atoms with Crippen molar-refractivity contribution in [3.05, 3.63) is 36.7 Å². The van der Waals surface area contributed by atoms with E-state index in [-0.39, 0.29) is 41.5 Å². The summed E-state index contributed by atoms with van der Waals surface area (Å²) < 4.78 is 75.3. The molecule has 3 unspecified atom stereocenters. The number of nitrogen functional groups attached to an aromatic ring is 1. The third-order valence-electron chi connectivity index (χ3n) is 7.70. The Morgan fingerprint density at radius 1 is 1.23 bits per heavy atom. The molecule has 1 aromatic carbocycles. The summed E-state index contributed by atoms with van der Waals surface area (Å²) in [5, 5.41) is 13.8. The molecule has 7 atom stereocenters. The summed E-state index contributed by atoms with van der Waals surface area (Å²) in [5.41, 5.74) is -0.0295. The highest BCUT2D eigenvalue weighted by Crippen LogP contribution is 2.73. The van der Waals surface area contributed by atoms with E-state index >= 15 is 8.78 Å². The molecule has 0 radical (unpaired) electrons. The highest BCUT2D eigenvalue weighted by atomic mass is 31.2.